The highest BCUT2D eigenvalue weighted by atomic mass is 16.7. The minimum atomic E-state index is -1.50. The van der Waals surface area contributed by atoms with Gasteiger partial charge in [0.2, 0.25) is 6.79 Å². The first kappa shape index (κ1) is 24.4. The molecule has 1 saturated heterocycles. The molecule has 3 aliphatic heterocycles. The molecule has 0 saturated carbocycles. The molecule has 7 heteroatoms. The van der Waals surface area contributed by atoms with E-state index in [1.807, 2.05) is 6.92 Å². The Hall–Kier alpha value is -2.25. The van der Waals surface area contributed by atoms with Crippen molar-refractivity contribution in [2.45, 2.75) is 88.9 Å². The van der Waals surface area contributed by atoms with Crippen LogP contribution in [-0.2, 0) is 20.7 Å². The Morgan fingerprint density at radius 2 is 2.06 bits per heavy atom. The average Bonchev–Trinajstić information content (AvgIpc) is 3.52. The number of methoxy groups -OCH3 is 1. The summed E-state index contributed by atoms with van der Waals surface area (Å²) >= 11 is 0. The molecule has 0 bridgehead atoms. The van der Waals surface area contributed by atoms with Crippen molar-refractivity contribution in [3.63, 3.8) is 0 Å². The van der Waals surface area contributed by atoms with Crippen molar-refractivity contribution in [1.82, 2.24) is 4.90 Å². The van der Waals surface area contributed by atoms with E-state index in [0.29, 0.717) is 24.5 Å². The van der Waals surface area contributed by atoms with Gasteiger partial charge < -0.3 is 24.1 Å². The summed E-state index contributed by atoms with van der Waals surface area (Å²) in [5.41, 5.74) is 0.542. The van der Waals surface area contributed by atoms with Crippen molar-refractivity contribution < 1.29 is 28.8 Å². The smallest absolute Gasteiger partial charge is 0.338 e. The van der Waals surface area contributed by atoms with Gasteiger partial charge in [-0.15, -0.1) is 0 Å². The first-order valence-electron chi connectivity index (χ1n) is 13.2. The number of nitrogens with zero attached hydrogens (tertiary/aromatic N) is 1. The highest BCUT2D eigenvalue weighted by molar-refractivity contribution is 5.79. The van der Waals surface area contributed by atoms with Crippen LogP contribution in [-0.4, -0.2) is 60.2 Å². The van der Waals surface area contributed by atoms with Crippen LogP contribution < -0.4 is 9.47 Å². The number of carbonyl (C=O) groups is 1. The predicted octanol–water partition coefficient (Wildman–Crippen LogP) is 4.31. The number of esters is 1. The monoisotopic (exact) mass is 485 g/mol. The molecule has 1 fully saturated rings. The van der Waals surface area contributed by atoms with Gasteiger partial charge in [-0.3, -0.25) is 4.90 Å². The van der Waals surface area contributed by atoms with E-state index in [9.17, 15) is 9.90 Å². The lowest BCUT2D eigenvalue weighted by atomic mass is 9.77. The first-order valence-corrected chi connectivity index (χ1v) is 13.2. The maximum Gasteiger partial charge on any atom is 0.338 e. The molecular weight excluding hydrogens is 446 g/mol. The molecule has 1 spiro atoms. The van der Waals surface area contributed by atoms with Crippen LogP contribution in [0.15, 0.2) is 24.0 Å². The SMILES string of the molecule is CC[C@](O)(CCCC(C)C)C(=O)O[C@@H]1C(OC)=C[C@]23CCCN2CCc2cc4c(cc2[C@H]13)OCO4. The third kappa shape index (κ3) is 4.10. The van der Waals surface area contributed by atoms with Crippen LogP contribution in [0.3, 0.4) is 0 Å². The molecule has 1 aromatic rings. The lowest BCUT2D eigenvalue weighted by Gasteiger charge is -2.39. The number of rotatable bonds is 8. The molecule has 0 radical (unpaired) electrons. The van der Waals surface area contributed by atoms with Crippen molar-refractivity contribution in [3.8, 4) is 11.5 Å². The van der Waals surface area contributed by atoms with Gasteiger partial charge in [-0.25, -0.2) is 4.79 Å². The van der Waals surface area contributed by atoms with Crippen molar-refractivity contribution in [3.05, 3.63) is 35.1 Å². The zero-order valence-corrected chi connectivity index (χ0v) is 21.5. The number of aliphatic hydroxyl groups is 1. The largest absolute Gasteiger partial charge is 0.497 e. The van der Waals surface area contributed by atoms with Crippen molar-refractivity contribution in [2.75, 3.05) is 27.0 Å². The van der Waals surface area contributed by atoms with Crippen LogP contribution in [0.1, 0.15) is 76.3 Å². The maximum absolute atomic E-state index is 13.5. The third-order valence-corrected chi connectivity index (χ3v) is 8.53. The second kappa shape index (κ2) is 9.32. The number of fused-ring (bicyclic) bond motifs is 3. The number of hydrogen-bond acceptors (Lipinski definition) is 7. The summed E-state index contributed by atoms with van der Waals surface area (Å²) in [7, 11) is 1.64. The summed E-state index contributed by atoms with van der Waals surface area (Å²) in [5, 5.41) is 11.3. The summed E-state index contributed by atoms with van der Waals surface area (Å²) in [5.74, 6) is 2.02. The van der Waals surface area contributed by atoms with Gasteiger partial charge in [0, 0.05) is 6.54 Å². The van der Waals surface area contributed by atoms with Gasteiger partial charge in [0.05, 0.1) is 18.6 Å². The summed E-state index contributed by atoms with van der Waals surface area (Å²) < 4.78 is 23.5. The fraction of sp³-hybridized carbons (Fsp3) is 0.679. The predicted molar refractivity (Wildman–Crippen MR) is 131 cm³/mol. The minimum Gasteiger partial charge on any atom is -0.497 e. The van der Waals surface area contributed by atoms with E-state index in [2.05, 4.69) is 37.0 Å². The lowest BCUT2D eigenvalue weighted by molar-refractivity contribution is -0.173. The fourth-order valence-corrected chi connectivity index (χ4v) is 6.55. The fourth-order valence-electron chi connectivity index (χ4n) is 6.55. The third-order valence-electron chi connectivity index (χ3n) is 8.53. The molecule has 1 N–H and O–H groups in total. The topological polar surface area (TPSA) is 77.5 Å². The van der Waals surface area contributed by atoms with Gasteiger partial charge in [-0.2, -0.15) is 0 Å². The van der Waals surface area contributed by atoms with Crippen LogP contribution in [0.5, 0.6) is 11.5 Å². The molecule has 0 amide bonds. The van der Waals surface area contributed by atoms with E-state index >= 15 is 0 Å². The number of benzene rings is 1. The summed E-state index contributed by atoms with van der Waals surface area (Å²) in [4.78, 5) is 16.0. The Morgan fingerprint density at radius 1 is 1.29 bits per heavy atom. The van der Waals surface area contributed by atoms with Gasteiger partial charge >= 0.3 is 5.97 Å². The van der Waals surface area contributed by atoms with Crippen LogP contribution in [0.4, 0.5) is 0 Å². The molecule has 0 unspecified atom stereocenters. The van der Waals surface area contributed by atoms with E-state index in [-0.39, 0.29) is 18.2 Å². The van der Waals surface area contributed by atoms with Crippen LogP contribution in [0, 0.1) is 5.92 Å². The zero-order valence-electron chi connectivity index (χ0n) is 21.5. The summed E-state index contributed by atoms with van der Waals surface area (Å²) in [6, 6.07) is 4.17. The van der Waals surface area contributed by atoms with Crippen molar-refractivity contribution in [2.24, 2.45) is 5.92 Å². The molecular formula is C28H39NO6. The first-order chi connectivity index (χ1) is 16.8. The van der Waals surface area contributed by atoms with E-state index in [1.165, 1.54) is 5.56 Å². The molecule has 7 nitrogen and oxygen atoms in total. The van der Waals surface area contributed by atoms with Crippen LogP contribution in [0.2, 0.25) is 0 Å². The van der Waals surface area contributed by atoms with E-state index in [4.69, 9.17) is 18.9 Å². The number of ether oxygens (including phenoxy) is 4. The molecule has 5 rings (SSSR count). The molecule has 3 heterocycles. The molecule has 1 aromatic carbocycles. The highest BCUT2D eigenvalue weighted by Gasteiger charge is 2.58. The number of carbonyl (C=O) groups excluding carboxylic acids is 1. The average molecular weight is 486 g/mol. The molecule has 35 heavy (non-hydrogen) atoms. The van der Waals surface area contributed by atoms with Gasteiger partial charge in [-0.1, -0.05) is 27.2 Å². The van der Waals surface area contributed by atoms with E-state index in [0.717, 1.165) is 62.3 Å². The van der Waals surface area contributed by atoms with E-state index in [1.54, 1.807) is 7.11 Å². The second-order valence-electron chi connectivity index (χ2n) is 11.0. The van der Waals surface area contributed by atoms with Crippen LogP contribution >= 0.6 is 0 Å². The van der Waals surface area contributed by atoms with Crippen LogP contribution in [0.25, 0.3) is 0 Å². The zero-order chi connectivity index (χ0) is 24.8. The molecule has 4 atom stereocenters. The quantitative estimate of drug-likeness (QED) is 0.550. The highest BCUT2D eigenvalue weighted by Crippen LogP contribution is 2.55. The second-order valence-corrected chi connectivity index (χ2v) is 11.0. The summed E-state index contributed by atoms with van der Waals surface area (Å²) in [6.07, 6.45) is 6.99. The summed E-state index contributed by atoms with van der Waals surface area (Å²) in [6.45, 7) is 8.30. The minimum absolute atomic E-state index is 0.132. The molecule has 4 aliphatic rings. The van der Waals surface area contributed by atoms with Gasteiger partial charge in [0.1, 0.15) is 5.76 Å². The van der Waals surface area contributed by atoms with Crippen molar-refractivity contribution in [1.29, 1.82) is 0 Å². The van der Waals surface area contributed by atoms with Gasteiger partial charge in [0.25, 0.3) is 0 Å². The normalized spacial score (nSPS) is 28.6. The Bertz CT molecular complexity index is 1010. The van der Waals surface area contributed by atoms with Gasteiger partial charge in [-0.05, 0) is 80.3 Å². The maximum atomic E-state index is 13.5. The Balaban J connectivity index is 1.51. The lowest BCUT2D eigenvalue weighted by Crippen LogP contribution is -2.49. The molecule has 1 aliphatic carbocycles. The van der Waals surface area contributed by atoms with Crippen molar-refractivity contribution >= 4 is 5.97 Å². The Labute approximate surface area is 208 Å². The standard InChI is InChI=1S/C28H39NO6/c1-5-28(31,11-6-8-18(2)3)26(30)35-25-23(32-4)16-27-10-7-12-29(27)13-9-19-14-21-22(34-17-33-21)15-20(19)24(25)27/h14-16,18,24-25,31H,5-13,17H2,1-4H3/t24-,25-,27+,28+/m1/s1. The Kier molecular flexibility index (Phi) is 6.51. The van der Waals surface area contributed by atoms with Gasteiger partial charge in [0.15, 0.2) is 23.2 Å². The molecule has 192 valence electrons. The number of hydrogen-bond donors (Lipinski definition) is 1. The Morgan fingerprint density at radius 3 is 2.77 bits per heavy atom. The molecule has 0 aromatic heterocycles. The van der Waals surface area contributed by atoms with E-state index < -0.39 is 17.7 Å².